The van der Waals surface area contributed by atoms with E-state index in [9.17, 15) is 13.2 Å². The van der Waals surface area contributed by atoms with E-state index < -0.39 is 10.0 Å². The van der Waals surface area contributed by atoms with Crippen molar-refractivity contribution < 1.29 is 13.2 Å². The van der Waals surface area contributed by atoms with Crippen molar-refractivity contribution in [2.75, 3.05) is 36.4 Å². The van der Waals surface area contributed by atoms with Crippen LogP contribution < -0.4 is 10.2 Å². The molecule has 0 saturated carbocycles. The van der Waals surface area contributed by atoms with E-state index in [2.05, 4.69) is 10.2 Å². The van der Waals surface area contributed by atoms with Gasteiger partial charge in [-0.15, -0.1) is 0 Å². The van der Waals surface area contributed by atoms with Crippen molar-refractivity contribution in [3.8, 4) is 0 Å². The van der Waals surface area contributed by atoms with Crippen molar-refractivity contribution in [1.82, 2.24) is 4.31 Å². The zero-order valence-electron chi connectivity index (χ0n) is 15.8. The van der Waals surface area contributed by atoms with E-state index in [0.717, 1.165) is 16.8 Å². The van der Waals surface area contributed by atoms with Gasteiger partial charge in [0.25, 0.3) is 0 Å². The second-order valence-corrected chi connectivity index (χ2v) is 9.66. The summed E-state index contributed by atoms with van der Waals surface area (Å²) in [5, 5.41) is 3.45. The second kappa shape index (κ2) is 7.06. The van der Waals surface area contributed by atoms with Gasteiger partial charge in [0.2, 0.25) is 15.9 Å². The average molecular weight is 420 g/mol. The number of amides is 1. The van der Waals surface area contributed by atoms with E-state index >= 15 is 0 Å². The third kappa shape index (κ3) is 3.27. The van der Waals surface area contributed by atoms with Crippen molar-refractivity contribution in [3.63, 3.8) is 0 Å². The van der Waals surface area contributed by atoms with Gasteiger partial charge in [-0.1, -0.05) is 17.7 Å². The summed E-state index contributed by atoms with van der Waals surface area (Å²) in [5.41, 5.74) is 3.59. The number of anilines is 2. The van der Waals surface area contributed by atoms with E-state index in [1.54, 1.807) is 25.1 Å². The Labute approximate surface area is 170 Å². The highest BCUT2D eigenvalue weighted by molar-refractivity contribution is 7.89. The number of rotatable bonds is 3. The fraction of sp³-hybridized carbons (Fsp3) is 0.350. The number of hydrogen-bond donors (Lipinski definition) is 1. The molecule has 2 aliphatic rings. The van der Waals surface area contributed by atoms with Crippen LogP contribution in [-0.2, 0) is 14.8 Å². The molecule has 2 aromatic rings. The van der Waals surface area contributed by atoms with Crippen molar-refractivity contribution >= 4 is 38.9 Å². The number of sulfonamides is 1. The Morgan fingerprint density at radius 2 is 1.79 bits per heavy atom. The molecular weight excluding hydrogens is 398 g/mol. The molecule has 4 rings (SSSR count). The first-order chi connectivity index (χ1) is 13.3. The van der Waals surface area contributed by atoms with Crippen LogP contribution in [0, 0.1) is 6.92 Å². The Kier molecular flexibility index (Phi) is 4.85. The summed E-state index contributed by atoms with van der Waals surface area (Å²) in [6.07, 6.45) is 0. The molecule has 148 valence electrons. The molecule has 0 spiro atoms. The summed E-state index contributed by atoms with van der Waals surface area (Å²) >= 11 is 6.12. The van der Waals surface area contributed by atoms with Gasteiger partial charge in [-0.05, 0) is 55.3 Å². The highest BCUT2D eigenvalue weighted by Gasteiger charge is 2.32. The summed E-state index contributed by atoms with van der Waals surface area (Å²) in [6.45, 7) is 5.80. The number of carbonyl (C=O) groups excluding carboxylic acids is 1. The number of piperazine rings is 1. The van der Waals surface area contributed by atoms with Crippen molar-refractivity contribution in [2.24, 2.45) is 0 Å². The number of nitrogens with one attached hydrogen (secondary N) is 1. The first-order valence-corrected chi connectivity index (χ1v) is 11.1. The standard InChI is InChI=1S/C20H22ClN3O3S/c1-13-3-4-15(21)11-19(13)23-7-9-24(10-8-23)28(26,27)16-5-6-18-17(12-16)14(2)20(25)22-18/h3-6,11-12,14H,7-10H2,1-2H3,(H,22,25)/t14-/m1/s1. The van der Waals surface area contributed by atoms with Gasteiger partial charge in [0, 0.05) is 42.6 Å². The third-order valence-corrected chi connectivity index (χ3v) is 7.66. The lowest BCUT2D eigenvalue weighted by atomic mass is 10.0. The minimum Gasteiger partial charge on any atom is -0.369 e. The second-order valence-electron chi connectivity index (χ2n) is 7.28. The molecule has 8 heteroatoms. The SMILES string of the molecule is Cc1ccc(Cl)cc1N1CCN(S(=O)(=O)c2ccc3c(c2)[C@@H](C)C(=O)N3)CC1. The van der Waals surface area contributed by atoms with Gasteiger partial charge in [0.15, 0.2) is 0 Å². The first-order valence-electron chi connectivity index (χ1n) is 9.23. The summed E-state index contributed by atoms with van der Waals surface area (Å²) in [5.74, 6) is -0.442. The summed E-state index contributed by atoms with van der Waals surface area (Å²) in [6, 6.07) is 10.6. The maximum Gasteiger partial charge on any atom is 0.243 e. The van der Waals surface area contributed by atoms with Crippen molar-refractivity contribution in [2.45, 2.75) is 24.7 Å². The predicted octanol–water partition coefficient (Wildman–Crippen LogP) is 3.21. The minimum atomic E-state index is -3.61. The molecule has 0 bridgehead atoms. The molecule has 0 aromatic heterocycles. The van der Waals surface area contributed by atoms with Crippen LogP contribution in [0.25, 0.3) is 0 Å². The van der Waals surface area contributed by atoms with Crippen LogP contribution in [0.4, 0.5) is 11.4 Å². The zero-order chi connectivity index (χ0) is 20.1. The summed E-state index contributed by atoms with van der Waals surface area (Å²) < 4.78 is 27.8. The Morgan fingerprint density at radius 3 is 2.50 bits per heavy atom. The first kappa shape index (κ1) is 19.2. The molecule has 2 aromatic carbocycles. The van der Waals surface area contributed by atoms with Gasteiger partial charge in [0.1, 0.15) is 0 Å². The van der Waals surface area contributed by atoms with Crippen LogP contribution >= 0.6 is 11.6 Å². The quantitative estimate of drug-likeness (QED) is 0.829. The number of benzene rings is 2. The number of aryl methyl sites for hydroxylation is 1. The van der Waals surface area contributed by atoms with Crippen LogP contribution in [-0.4, -0.2) is 44.8 Å². The Morgan fingerprint density at radius 1 is 1.07 bits per heavy atom. The van der Waals surface area contributed by atoms with Gasteiger partial charge in [0.05, 0.1) is 10.8 Å². The molecule has 0 aliphatic carbocycles. The van der Waals surface area contributed by atoms with Gasteiger partial charge >= 0.3 is 0 Å². The predicted molar refractivity (Wildman–Crippen MR) is 111 cm³/mol. The van der Waals surface area contributed by atoms with Crippen LogP contribution in [0.15, 0.2) is 41.3 Å². The molecule has 1 N–H and O–H groups in total. The van der Waals surface area contributed by atoms with Crippen LogP contribution in [0.2, 0.25) is 5.02 Å². The lowest BCUT2D eigenvalue weighted by Gasteiger charge is -2.36. The minimum absolute atomic E-state index is 0.102. The molecule has 1 atom stereocenters. The van der Waals surface area contributed by atoms with E-state index in [0.29, 0.717) is 36.9 Å². The summed E-state index contributed by atoms with van der Waals surface area (Å²) in [7, 11) is -3.61. The molecular formula is C20H22ClN3O3S. The number of nitrogens with zero attached hydrogens (tertiary/aromatic N) is 2. The number of hydrogen-bond acceptors (Lipinski definition) is 4. The van der Waals surface area contributed by atoms with Gasteiger partial charge in [-0.2, -0.15) is 4.31 Å². The van der Waals surface area contributed by atoms with Crippen LogP contribution in [0.3, 0.4) is 0 Å². The van der Waals surface area contributed by atoms with Crippen LogP contribution in [0.5, 0.6) is 0 Å². The Balaban J connectivity index is 1.53. The van der Waals surface area contributed by atoms with Crippen molar-refractivity contribution in [3.05, 3.63) is 52.5 Å². The highest BCUT2D eigenvalue weighted by atomic mass is 35.5. The maximum atomic E-state index is 13.1. The average Bonchev–Trinajstić information content (AvgIpc) is 2.97. The zero-order valence-corrected chi connectivity index (χ0v) is 17.3. The molecule has 28 heavy (non-hydrogen) atoms. The number of carbonyl (C=O) groups is 1. The highest BCUT2D eigenvalue weighted by Crippen LogP contribution is 2.34. The Hall–Kier alpha value is -2.09. The fourth-order valence-corrected chi connectivity index (χ4v) is 5.42. The van der Waals surface area contributed by atoms with Crippen molar-refractivity contribution in [1.29, 1.82) is 0 Å². The van der Waals surface area contributed by atoms with E-state index in [4.69, 9.17) is 11.6 Å². The maximum absolute atomic E-state index is 13.1. The third-order valence-electron chi connectivity index (χ3n) is 5.53. The fourth-order valence-electron chi connectivity index (χ4n) is 3.80. The molecule has 2 heterocycles. The van der Waals surface area contributed by atoms with E-state index in [1.807, 2.05) is 25.1 Å². The normalized spacial score (nSPS) is 20.2. The lowest BCUT2D eigenvalue weighted by Crippen LogP contribution is -2.48. The number of fused-ring (bicyclic) bond motifs is 1. The largest absolute Gasteiger partial charge is 0.369 e. The molecule has 2 aliphatic heterocycles. The molecule has 6 nitrogen and oxygen atoms in total. The molecule has 0 radical (unpaired) electrons. The van der Waals surface area contributed by atoms with Gasteiger partial charge in [-0.3, -0.25) is 4.79 Å². The smallest absolute Gasteiger partial charge is 0.243 e. The molecule has 1 fully saturated rings. The van der Waals surface area contributed by atoms with Gasteiger partial charge in [-0.25, -0.2) is 8.42 Å². The summed E-state index contributed by atoms with van der Waals surface area (Å²) in [4.78, 5) is 14.2. The monoisotopic (exact) mass is 419 g/mol. The topological polar surface area (TPSA) is 69.7 Å². The van der Waals surface area contributed by atoms with Crippen LogP contribution in [0.1, 0.15) is 24.0 Å². The van der Waals surface area contributed by atoms with E-state index in [-0.39, 0.29) is 16.7 Å². The lowest BCUT2D eigenvalue weighted by molar-refractivity contribution is -0.116. The molecule has 1 amide bonds. The Bertz CT molecular complexity index is 1050. The molecule has 0 unspecified atom stereocenters. The number of halogens is 1. The molecule has 1 saturated heterocycles. The van der Waals surface area contributed by atoms with Gasteiger partial charge < -0.3 is 10.2 Å². The van der Waals surface area contributed by atoms with E-state index in [1.165, 1.54) is 4.31 Å².